The Labute approximate surface area is 170 Å². The molecule has 2 aromatic carbocycles. The molecule has 0 spiro atoms. The van der Waals surface area contributed by atoms with Gasteiger partial charge in [-0.2, -0.15) is 0 Å². The number of benzene rings is 2. The smallest absolute Gasteiger partial charge is 0.329 e. The zero-order chi connectivity index (χ0) is 20.6. The summed E-state index contributed by atoms with van der Waals surface area (Å²) in [5, 5.41) is 17.7. The highest BCUT2D eigenvalue weighted by atomic mass is 16.3. The summed E-state index contributed by atoms with van der Waals surface area (Å²) in [6, 6.07) is 15.1. The summed E-state index contributed by atoms with van der Waals surface area (Å²) in [6.07, 6.45) is 3.04. The van der Waals surface area contributed by atoms with Crippen molar-refractivity contribution >= 4 is 23.3 Å². The van der Waals surface area contributed by atoms with E-state index in [0.717, 1.165) is 24.2 Å². The highest BCUT2D eigenvalue weighted by molar-refractivity contribution is 6.11. The molecule has 0 aromatic heterocycles. The van der Waals surface area contributed by atoms with Crippen molar-refractivity contribution in [3.63, 3.8) is 0 Å². The van der Waals surface area contributed by atoms with E-state index in [9.17, 15) is 14.7 Å². The van der Waals surface area contributed by atoms with Crippen molar-refractivity contribution in [2.45, 2.75) is 44.9 Å². The van der Waals surface area contributed by atoms with Gasteiger partial charge in [-0.15, -0.1) is 0 Å². The van der Waals surface area contributed by atoms with Gasteiger partial charge in [0.25, 0.3) is 11.6 Å². The number of para-hydroxylation sites is 2. The van der Waals surface area contributed by atoms with Gasteiger partial charge in [-0.25, -0.2) is 4.79 Å². The predicted molar refractivity (Wildman–Crippen MR) is 112 cm³/mol. The van der Waals surface area contributed by atoms with Crippen LogP contribution in [0.15, 0.2) is 54.6 Å². The minimum Gasteiger partial charge on any atom is -0.359 e. The van der Waals surface area contributed by atoms with Gasteiger partial charge in [0.1, 0.15) is 0 Å². The van der Waals surface area contributed by atoms with Crippen LogP contribution < -0.4 is 15.5 Å². The Bertz CT molecular complexity index is 917. The zero-order valence-electron chi connectivity index (χ0n) is 16.8. The van der Waals surface area contributed by atoms with Gasteiger partial charge in [0.15, 0.2) is 0 Å². The zero-order valence-corrected chi connectivity index (χ0v) is 16.8. The Morgan fingerprint density at radius 1 is 1.10 bits per heavy atom. The average molecular weight is 393 g/mol. The normalized spacial score (nSPS) is 29.0. The monoisotopic (exact) mass is 393 g/mol. The molecule has 6 heteroatoms. The molecule has 0 unspecified atom stereocenters. The molecule has 152 valence electrons. The van der Waals surface area contributed by atoms with Crippen LogP contribution in [0.25, 0.3) is 0 Å². The van der Waals surface area contributed by atoms with Crippen LogP contribution in [-0.2, 0) is 10.5 Å². The van der Waals surface area contributed by atoms with Gasteiger partial charge in [0.05, 0.1) is 5.69 Å². The number of aliphatic hydroxyl groups is 1. The number of urea groups is 1. The van der Waals surface area contributed by atoms with Crippen LogP contribution >= 0.6 is 0 Å². The number of carbonyl (C=O) groups excluding carboxylic acids is 2. The van der Waals surface area contributed by atoms with Gasteiger partial charge in [-0.05, 0) is 36.5 Å². The van der Waals surface area contributed by atoms with Crippen LogP contribution in [0.3, 0.4) is 0 Å². The van der Waals surface area contributed by atoms with E-state index in [1.807, 2.05) is 6.07 Å². The molecule has 1 saturated carbocycles. The summed E-state index contributed by atoms with van der Waals surface area (Å²) >= 11 is 0. The van der Waals surface area contributed by atoms with Gasteiger partial charge in [-0.1, -0.05) is 63.1 Å². The fraction of sp³-hybridized carbons (Fsp3) is 0.391. The van der Waals surface area contributed by atoms with Crippen LogP contribution in [0.5, 0.6) is 0 Å². The van der Waals surface area contributed by atoms with E-state index in [1.54, 1.807) is 48.5 Å². The van der Waals surface area contributed by atoms with E-state index in [1.165, 1.54) is 0 Å². The topological polar surface area (TPSA) is 81.7 Å². The lowest BCUT2D eigenvalue weighted by molar-refractivity contribution is -0.141. The third-order valence-corrected chi connectivity index (χ3v) is 6.43. The number of hydrogen-bond acceptors (Lipinski definition) is 3. The van der Waals surface area contributed by atoms with E-state index < -0.39 is 17.7 Å². The molecule has 4 atom stereocenters. The molecule has 0 bridgehead atoms. The van der Waals surface area contributed by atoms with Crippen LogP contribution in [0, 0.1) is 11.8 Å². The second-order valence-electron chi connectivity index (χ2n) is 8.17. The van der Waals surface area contributed by atoms with Crippen LogP contribution in [-0.4, -0.2) is 23.1 Å². The molecule has 0 saturated heterocycles. The number of amides is 3. The standard InChI is InChI=1S/C23H27N3O3/c1-15-9-8-14-19(16(15)2)24-21(27)23(29)18-12-6-7-13-20(18)25-22(28)26(23)17-10-4-3-5-11-17/h3-7,10-13,15-16,19,29H,8-9,14H2,1-2H3,(H,24,27)(H,25,28)/t15-,16+,19+,23+/m1/s1. The number of nitrogens with one attached hydrogen (secondary N) is 2. The molecule has 3 amide bonds. The summed E-state index contributed by atoms with van der Waals surface area (Å²) in [6.45, 7) is 4.33. The fourth-order valence-corrected chi connectivity index (χ4v) is 4.49. The van der Waals surface area contributed by atoms with Gasteiger partial charge >= 0.3 is 6.03 Å². The Balaban J connectivity index is 1.77. The molecule has 1 fully saturated rings. The second kappa shape index (κ2) is 7.52. The lowest BCUT2D eigenvalue weighted by Gasteiger charge is -2.44. The summed E-state index contributed by atoms with van der Waals surface area (Å²) in [7, 11) is 0. The molecule has 29 heavy (non-hydrogen) atoms. The van der Waals surface area contributed by atoms with E-state index in [-0.39, 0.29) is 6.04 Å². The maximum absolute atomic E-state index is 13.5. The van der Waals surface area contributed by atoms with Crippen molar-refractivity contribution in [3.8, 4) is 0 Å². The highest BCUT2D eigenvalue weighted by Crippen LogP contribution is 2.40. The van der Waals surface area contributed by atoms with Gasteiger partial charge in [0, 0.05) is 17.3 Å². The van der Waals surface area contributed by atoms with Crippen LogP contribution in [0.1, 0.15) is 38.7 Å². The Kier molecular flexibility index (Phi) is 5.04. The molecule has 2 aliphatic rings. The van der Waals surface area contributed by atoms with E-state index in [4.69, 9.17) is 0 Å². The lowest BCUT2D eigenvalue weighted by atomic mass is 9.78. The fourth-order valence-electron chi connectivity index (χ4n) is 4.49. The maximum atomic E-state index is 13.5. The summed E-state index contributed by atoms with van der Waals surface area (Å²) in [5.41, 5.74) is -0.896. The molecule has 1 aliphatic heterocycles. The Morgan fingerprint density at radius 2 is 1.79 bits per heavy atom. The molecule has 4 rings (SSSR count). The largest absolute Gasteiger partial charge is 0.359 e. The maximum Gasteiger partial charge on any atom is 0.329 e. The minimum atomic E-state index is -2.14. The van der Waals surface area contributed by atoms with Gasteiger partial charge in [-0.3, -0.25) is 9.69 Å². The third-order valence-electron chi connectivity index (χ3n) is 6.43. The van der Waals surface area contributed by atoms with Crippen molar-refractivity contribution < 1.29 is 14.7 Å². The van der Waals surface area contributed by atoms with Gasteiger partial charge in [0.2, 0.25) is 0 Å². The van der Waals surface area contributed by atoms with Crippen molar-refractivity contribution in [2.75, 3.05) is 10.2 Å². The van der Waals surface area contributed by atoms with Crippen LogP contribution in [0.2, 0.25) is 0 Å². The third kappa shape index (κ3) is 3.27. The summed E-state index contributed by atoms with van der Waals surface area (Å²) in [4.78, 5) is 27.7. The Hall–Kier alpha value is -2.86. The van der Waals surface area contributed by atoms with E-state index >= 15 is 0 Å². The number of fused-ring (bicyclic) bond motifs is 1. The first kappa shape index (κ1) is 19.5. The molecular weight excluding hydrogens is 366 g/mol. The number of nitrogens with zero attached hydrogens (tertiary/aromatic N) is 1. The average Bonchev–Trinajstić information content (AvgIpc) is 2.72. The van der Waals surface area contributed by atoms with Crippen molar-refractivity contribution in [2.24, 2.45) is 11.8 Å². The lowest BCUT2D eigenvalue weighted by Crippen LogP contribution is -2.64. The molecule has 2 aromatic rings. The number of hydrogen-bond donors (Lipinski definition) is 3. The summed E-state index contributed by atoms with van der Waals surface area (Å²) < 4.78 is 0. The molecule has 6 nitrogen and oxygen atoms in total. The van der Waals surface area contributed by atoms with Crippen molar-refractivity contribution in [1.29, 1.82) is 0 Å². The quantitative estimate of drug-likeness (QED) is 0.741. The molecule has 3 N–H and O–H groups in total. The first-order valence-electron chi connectivity index (χ1n) is 10.2. The molecule has 1 heterocycles. The number of anilines is 2. The van der Waals surface area contributed by atoms with E-state index in [0.29, 0.717) is 28.8 Å². The van der Waals surface area contributed by atoms with E-state index in [2.05, 4.69) is 24.5 Å². The molecule has 1 aliphatic carbocycles. The number of rotatable bonds is 3. The summed E-state index contributed by atoms with van der Waals surface area (Å²) in [5.74, 6) is 0.222. The van der Waals surface area contributed by atoms with Gasteiger partial charge < -0.3 is 15.7 Å². The first-order chi connectivity index (χ1) is 13.9. The molecular formula is C23H27N3O3. The predicted octanol–water partition coefficient (Wildman–Crippen LogP) is 3.82. The highest BCUT2D eigenvalue weighted by Gasteiger charge is 2.52. The second-order valence-corrected chi connectivity index (χ2v) is 8.17. The SMILES string of the molecule is C[C@H]1[C@H](C)CCC[C@@H]1NC(=O)[C@@]1(O)c2ccccc2NC(=O)N1c1ccccc1. The van der Waals surface area contributed by atoms with Crippen molar-refractivity contribution in [1.82, 2.24) is 5.32 Å². The Morgan fingerprint density at radius 3 is 2.55 bits per heavy atom. The molecule has 0 radical (unpaired) electrons. The minimum absolute atomic E-state index is 0.0370. The van der Waals surface area contributed by atoms with Crippen LogP contribution in [0.4, 0.5) is 16.2 Å². The van der Waals surface area contributed by atoms with Crippen molar-refractivity contribution in [3.05, 3.63) is 60.2 Å². The number of carbonyl (C=O) groups is 2. The first-order valence-corrected chi connectivity index (χ1v) is 10.2.